The number of hydrazone groups is 1. The lowest BCUT2D eigenvalue weighted by Gasteiger charge is -2.35. The molecule has 1 fully saturated rings. The summed E-state index contributed by atoms with van der Waals surface area (Å²) in [6, 6.07) is 15.2. The van der Waals surface area contributed by atoms with Gasteiger partial charge in [-0.05, 0) is 28.8 Å². The molecule has 0 bridgehead atoms. The van der Waals surface area contributed by atoms with E-state index in [9.17, 15) is 14.9 Å². The van der Waals surface area contributed by atoms with Crippen LogP contribution in [0.2, 0.25) is 0 Å². The molecule has 4 atom stereocenters. The number of carbonyl (C=O) groups excluding carboxylic acids is 2. The number of ether oxygens (including phenoxy) is 1. The van der Waals surface area contributed by atoms with Crippen LogP contribution in [0.25, 0.3) is 0 Å². The molecule has 1 saturated heterocycles. The Kier molecular flexibility index (Phi) is 5.04. The summed E-state index contributed by atoms with van der Waals surface area (Å²) < 4.78 is 5.27. The van der Waals surface area contributed by atoms with Crippen LogP contribution in [0.5, 0.6) is 5.75 Å². The van der Waals surface area contributed by atoms with Crippen LogP contribution < -0.4 is 10.5 Å². The van der Waals surface area contributed by atoms with Crippen molar-refractivity contribution in [3.8, 4) is 11.8 Å². The first-order valence-corrected chi connectivity index (χ1v) is 10.5. The number of hydrogen-bond acceptors (Lipinski definition) is 6. The molecule has 0 unspecified atom stereocenters. The average Bonchev–Trinajstić information content (AvgIpc) is 3.09. The van der Waals surface area contributed by atoms with E-state index in [2.05, 4.69) is 11.2 Å². The lowest BCUT2D eigenvalue weighted by molar-refractivity contribution is -0.131. The van der Waals surface area contributed by atoms with Crippen molar-refractivity contribution in [2.24, 2.45) is 21.7 Å². The van der Waals surface area contributed by atoms with Crippen molar-refractivity contribution in [1.29, 1.82) is 5.26 Å². The summed E-state index contributed by atoms with van der Waals surface area (Å²) in [5.41, 5.74) is 5.78. The van der Waals surface area contributed by atoms with Gasteiger partial charge < -0.3 is 10.5 Å². The minimum absolute atomic E-state index is 0.113. The van der Waals surface area contributed by atoms with Crippen molar-refractivity contribution in [2.75, 3.05) is 7.11 Å². The van der Waals surface area contributed by atoms with Gasteiger partial charge in [0.1, 0.15) is 17.8 Å². The van der Waals surface area contributed by atoms with Crippen LogP contribution in [-0.2, 0) is 9.59 Å². The minimum Gasteiger partial charge on any atom is -0.497 e. The highest BCUT2D eigenvalue weighted by atomic mass is 16.5. The van der Waals surface area contributed by atoms with E-state index in [0.717, 1.165) is 11.1 Å². The zero-order chi connectivity index (χ0) is 23.3. The highest BCUT2D eigenvalue weighted by molar-refractivity contribution is 5.96. The van der Waals surface area contributed by atoms with Crippen molar-refractivity contribution >= 4 is 17.9 Å². The molecule has 4 rings (SSSR count). The maximum atomic E-state index is 13.8. The first kappa shape index (κ1) is 21.6. The Balaban J connectivity index is 2.03. The smallest absolute Gasteiger partial charge is 0.241 e. The Labute approximate surface area is 187 Å². The van der Waals surface area contributed by atoms with E-state index >= 15 is 0 Å². The molecule has 1 amide bonds. The first-order chi connectivity index (χ1) is 15.2. The largest absolute Gasteiger partial charge is 0.497 e. The second-order valence-corrected chi connectivity index (χ2v) is 9.31. The van der Waals surface area contributed by atoms with Crippen LogP contribution in [0.4, 0.5) is 0 Å². The number of nitriles is 1. The monoisotopic (exact) mass is 430 g/mol. The fourth-order valence-corrected chi connectivity index (χ4v) is 4.92. The first-order valence-electron chi connectivity index (χ1n) is 10.5. The SMILES string of the molecule is COc1ccc([C@@H]2[C@@H](C(=O)C(C)(C)C)N3N=Cc4ccccc4[C@@H]3[C@]2(C#N)C(N)=O)cc1. The van der Waals surface area contributed by atoms with E-state index in [-0.39, 0.29) is 5.78 Å². The lowest BCUT2D eigenvalue weighted by atomic mass is 9.65. The second-order valence-electron chi connectivity index (χ2n) is 9.31. The molecule has 2 aliphatic heterocycles. The Morgan fingerprint density at radius 1 is 1.16 bits per heavy atom. The number of primary amides is 1. The molecule has 2 N–H and O–H groups in total. The summed E-state index contributed by atoms with van der Waals surface area (Å²) in [7, 11) is 1.56. The van der Waals surface area contributed by atoms with E-state index < -0.39 is 34.7 Å². The summed E-state index contributed by atoms with van der Waals surface area (Å²) >= 11 is 0. The van der Waals surface area contributed by atoms with Crippen molar-refractivity contribution in [3.63, 3.8) is 0 Å². The molecule has 2 heterocycles. The lowest BCUT2D eigenvalue weighted by Crippen LogP contribution is -2.45. The third kappa shape index (κ3) is 2.98. The number of amides is 1. The predicted molar refractivity (Wildman–Crippen MR) is 120 cm³/mol. The van der Waals surface area contributed by atoms with Gasteiger partial charge in [-0.25, -0.2) is 0 Å². The zero-order valence-corrected chi connectivity index (χ0v) is 18.6. The number of carbonyl (C=O) groups is 2. The van der Waals surface area contributed by atoms with Crippen LogP contribution in [0.15, 0.2) is 53.6 Å². The fourth-order valence-electron chi connectivity index (χ4n) is 4.92. The molecular formula is C25H26N4O3. The third-order valence-corrected chi connectivity index (χ3v) is 6.48. The highest BCUT2D eigenvalue weighted by Crippen LogP contribution is 2.60. The van der Waals surface area contributed by atoms with Gasteiger partial charge in [0, 0.05) is 11.3 Å². The number of Topliss-reactive ketones (excluding diaryl/α,β-unsaturated/α-hetero) is 1. The molecule has 7 heteroatoms. The van der Waals surface area contributed by atoms with Crippen LogP contribution >= 0.6 is 0 Å². The van der Waals surface area contributed by atoms with Gasteiger partial charge in [-0.2, -0.15) is 10.4 Å². The van der Waals surface area contributed by atoms with Gasteiger partial charge in [-0.1, -0.05) is 57.2 Å². The number of nitrogens with two attached hydrogens (primary N) is 1. The Morgan fingerprint density at radius 3 is 2.38 bits per heavy atom. The van der Waals surface area contributed by atoms with E-state index in [1.54, 1.807) is 42.6 Å². The maximum Gasteiger partial charge on any atom is 0.241 e. The topological polar surface area (TPSA) is 109 Å². The molecule has 164 valence electrons. The van der Waals surface area contributed by atoms with Gasteiger partial charge in [0.15, 0.2) is 11.2 Å². The highest BCUT2D eigenvalue weighted by Gasteiger charge is 2.67. The molecule has 2 aromatic rings. The van der Waals surface area contributed by atoms with Crippen LogP contribution in [0.1, 0.15) is 49.4 Å². The molecule has 0 saturated carbocycles. The number of benzene rings is 2. The maximum absolute atomic E-state index is 13.8. The van der Waals surface area contributed by atoms with Gasteiger partial charge in [-0.3, -0.25) is 14.6 Å². The molecule has 0 spiro atoms. The summed E-state index contributed by atoms with van der Waals surface area (Å²) in [6.45, 7) is 5.48. The number of nitrogens with zero attached hydrogens (tertiary/aromatic N) is 3. The molecule has 32 heavy (non-hydrogen) atoms. The molecule has 0 aromatic heterocycles. The Hall–Kier alpha value is -3.66. The van der Waals surface area contributed by atoms with E-state index in [4.69, 9.17) is 10.5 Å². The minimum atomic E-state index is -1.70. The molecular weight excluding hydrogens is 404 g/mol. The normalized spacial score (nSPS) is 26.1. The Morgan fingerprint density at radius 2 is 1.81 bits per heavy atom. The summed E-state index contributed by atoms with van der Waals surface area (Å²) in [5, 5.41) is 16.7. The van der Waals surface area contributed by atoms with Crippen molar-refractivity contribution in [2.45, 2.75) is 38.8 Å². The van der Waals surface area contributed by atoms with Crippen LogP contribution in [-0.4, -0.2) is 36.1 Å². The van der Waals surface area contributed by atoms with Crippen molar-refractivity contribution in [1.82, 2.24) is 5.01 Å². The number of hydrogen-bond donors (Lipinski definition) is 1. The van der Waals surface area contributed by atoms with Gasteiger partial charge >= 0.3 is 0 Å². The summed E-state index contributed by atoms with van der Waals surface area (Å²) in [6.07, 6.45) is 1.67. The fraction of sp³-hybridized carbons (Fsp3) is 0.360. The second kappa shape index (κ2) is 7.49. The molecule has 2 aliphatic rings. The van der Waals surface area contributed by atoms with E-state index in [1.165, 1.54) is 0 Å². The predicted octanol–water partition coefficient (Wildman–Crippen LogP) is 3.16. The number of fused-ring (bicyclic) bond motifs is 3. The zero-order valence-electron chi connectivity index (χ0n) is 18.6. The summed E-state index contributed by atoms with van der Waals surface area (Å²) in [4.78, 5) is 26.9. The van der Waals surface area contributed by atoms with Gasteiger partial charge in [0.2, 0.25) is 5.91 Å². The number of ketones is 1. The van der Waals surface area contributed by atoms with Crippen LogP contribution in [0, 0.1) is 22.2 Å². The van der Waals surface area contributed by atoms with Gasteiger partial charge in [0.05, 0.1) is 19.4 Å². The molecule has 0 radical (unpaired) electrons. The third-order valence-electron chi connectivity index (χ3n) is 6.48. The standard InChI is InChI=1S/C25H26N4O3/c1-24(2,3)22(30)20-19(15-9-11-17(32-4)12-10-15)25(14-26,23(27)31)21-18-8-6-5-7-16(18)13-28-29(20)21/h5-13,19-21H,1-4H3,(H2,27,31)/t19-,20+,21-,25-/m1/s1. The quantitative estimate of drug-likeness (QED) is 0.801. The van der Waals surface area contributed by atoms with Crippen molar-refractivity contribution < 1.29 is 14.3 Å². The van der Waals surface area contributed by atoms with E-state index in [1.807, 2.05) is 45.0 Å². The molecule has 0 aliphatic carbocycles. The summed E-state index contributed by atoms with van der Waals surface area (Å²) in [5.74, 6) is -1.06. The van der Waals surface area contributed by atoms with Crippen LogP contribution in [0.3, 0.4) is 0 Å². The van der Waals surface area contributed by atoms with E-state index in [0.29, 0.717) is 11.3 Å². The Bertz CT molecular complexity index is 1140. The van der Waals surface area contributed by atoms with Gasteiger partial charge in [0.25, 0.3) is 0 Å². The molecule has 7 nitrogen and oxygen atoms in total. The molecule has 2 aromatic carbocycles. The van der Waals surface area contributed by atoms with Gasteiger partial charge in [-0.15, -0.1) is 0 Å². The number of methoxy groups -OCH3 is 1. The number of rotatable bonds is 4. The van der Waals surface area contributed by atoms with Crippen molar-refractivity contribution in [3.05, 3.63) is 65.2 Å². The average molecular weight is 431 g/mol.